The van der Waals surface area contributed by atoms with Crippen molar-refractivity contribution in [2.45, 2.75) is 33.6 Å². The minimum atomic E-state index is -0.241. The third-order valence-electron chi connectivity index (χ3n) is 4.61. The molecule has 1 aromatic carbocycles. The molecule has 24 heavy (non-hydrogen) atoms. The average Bonchev–Trinajstić information content (AvgIpc) is 2.91. The molecular formula is C19H23NO4. The molecule has 1 fully saturated rings. The van der Waals surface area contributed by atoms with E-state index in [0.717, 1.165) is 34.9 Å². The van der Waals surface area contributed by atoms with E-state index in [4.69, 9.17) is 9.15 Å². The summed E-state index contributed by atoms with van der Waals surface area (Å²) >= 11 is 0. The molecule has 5 nitrogen and oxygen atoms in total. The summed E-state index contributed by atoms with van der Waals surface area (Å²) in [4.78, 5) is 26.6. The molecular weight excluding hydrogens is 306 g/mol. The lowest BCUT2D eigenvalue weighted by Gasteiger charge is -2.31. The van der Waals surface area contributed by atoms with Gasteiger partial charge in [-0.1, -0.05) is 11.6 Å². The summed E-state index contributed by atoms with van der Waals surface area (Å²) < 4.78 is 10.9. The Morgan fingerprint density at radius 1 is 1.33 bits per heavy atom. The Morgan fingerprint density at radius 2 is 2.12 bits per heavy atom. The van der Waals surface area contributed by atoms with Gasteiger partial charge < -0.3 is 14.1 Å². The summed E-state index contributed by atoms with van der Waals surface area (Å²) in [6, 6.07) is 5.89. The third-order valence-corrected chi connectivity index (χ3v) is 4.61. The number of carbonyl (C=O) groups is 2. The quantitative estimate of drug-likeness (QED) is 0.809. The molecule has 0 N–H and O–H groups in total. The second kappa shape index (κ2) is 6.67. The number of hydrogen-bond acceptors (Lipinski definition) is 4. The Kier molecular flexibility index (Phi) is 4.60. The summed E-state index contributed by atoms with van der Waals surface area (Å²) in [7, 11) is 0. The van der Waals surface area contributed by atoms with Crippen molar-refractivity contribution in [1.29, 1.82) is 0 Å². The third kappa shape index (κ3) is 3.03. The number of likely N-dealkylation sites (tertiary alicyclic amines) is 1. The van der Waals surface area contributed by atoms with Crippen LogP contribution in [-0.4, -0.2) is 36.5 Å². The van der Waals surface area contributed by atoms with Gasteiger partial charge in [-0.2, -0.15) is 0 Å². The first-order valence-electron chi connectivity index (χ1n) is 8.47. The van der Waals surface area contributed by atoms with Crippen molar-refractivity contribution in [2.75, 3.05) is 19.7 Å². The van der Waals surface area contributed by atoms with Crippen LogP contribution in [0.2, 0.25) is 0 Å². The molecule has 0 aliphatic carbocycles. The predicted octanol–water partition coefficient (Wildman–Crippen LogP) is 3.46. The van der Waals surface area contributed by atoms with E-state index >= 15 is 0 Å². The smallest absolute Gasteiger partial charge is 0.310 e. The summed E-state index contributed by atoms with van der Waals surface area (Å²) in [5.74, 6) is -0.225. The van der Waals surface area contributed by atoms with Crippen LogP contribution in [0.25, 0.3) is 11.0 Å². The van der Waals surface area contributed by atoms with Crippen LogP contribution in [0.3, 0.4) is 0 Å². The van der Waals surface area contributed by atoms with Crippen LogP contribution >= 0.6 is 0 Å². The number of piperidine rings is 1. The summed E-state index contributed by atoms with van der Waals surface area (Å²) in [6.45, 7) is 7.12. The number of amides is 1. The molecule has 3 rings (SSSR count). The molecule has 0 radical (unpaired) electrons. The Morgan fingerprint density at radius 3 is 2.88 bits per heavy atom. The number of carbonyl (C=O) groups excluding carboxylic acids is 2. The van der Waals surface area contributed by atoms with Crippen molar-refractivity contribution < 1.29 is 18.7 Å². The Hall–Kier alpha value is -2.30. The normalized spacial score (nSPS) is 18.0. The number of fused-ring (bicyclic) bond motifs is 1. The maximum Gasteiger partial charge on any atom is 0.310 e. The van der Waals surface area contributed by atoms with Crippen LogP contribution in [-0.2, 0) is 9.53 Å². The fraction of sp³-hybridized carbons (Fsp3) is 0.474. The molecule has 1 atom stereocenters. The van der Waals surface area contributed by atoms with E-state index in [1.165, 1.54) is 0 Å². The first-order chi connectivity index (χ1) is 11.5. The maximum atomic E-state index is 12.9. The molecule has 0 saturated carbocycles. The predicted molar refractivity (Wildman–Crippen MR) is 90.9 cm³/mol. The number of benzene rings is 1. The molecule has 2 aromatic rings. The van der Waals surface area contributed by atoms with E-state index in [9.17, 15) is 9.59 Å². The topological polar surface area (TPSA) is 59.8 Å². The lowest BCUT2D eigenvalue weighted by molar-refractivity contribution is -0.149. The summed E-state index contributed by atoms with van der Waals surface area (Å²) in [5.41, 5.74) is 2.71. The van der Waals surface area contributed by atoms with Gasteiger partial charge in [0.05, 0.1) is 12.5 Å². The van der Waals surface area contributed by atoms with Gasteiger partial charge in [-0.15, -0.1) is 0 Å². The summed E-state index contributed by atoms with van der Waals surface area (Å²) in [5, 5.41) is 0.970. The zero-order chi connectivity index (χ0) is 17.3. The Bertz CT molecular complexity index is 777. The van der Waals surface area contributed by atoms with E-state index < -0.39 is 0 Å². The number of aryl methyl sites for hydroxylation is 2. The number of furan rings is 1. The van der Waals surface area contributed by atoms with Crippen LogP contribution in [0, 0.1) is 19.8 Å². The standard InChI is InChI=1S/C19H23NO4/c1-4-23-19(22)14-6-5-9-20(11-14)18(21)17-13(3)15-10-12(2)7-8-16(15)24-17/h7-8,10,14H,4-6,9,11H2,1-3H3/t14-/m1/s1. The monoisotopic (exact) mass is 329 g/mol. The van der Waals surface area contributed by atoms with E-state index in [-0.39, 0.29) is 17.8 Å². The van der Waals surface area contributed by atoms with Crippen LogP contribution in [0.15, 0.2) is 22.6 Å². The number of ether oxygens (including phenoxy) is 1. The molecule has 0 unspecified atom stereocenters. The molecule has 2 heterocycles. The minimum absolute atomic E-state index is 0.143. The molecule has 1 aromatic heterocycles. The van der Waals surface area contributed by atoms with Crippen molar-refractivity contribution in [3.8, 4) is 0 Å². The number of hydrogen-bond donors (Lipinski definition) is 0. The lowest BCUT2D eigenvalue weighted by atomic mass is 9.97. The largest absolute Gasteiger partial charge is 0.466 e. The highest BCUT2D eigenvalue weighted by Gasteiger charge is 2.32. The lowest BCUT2D eigenvalue weighted by Crippen LogP contribution is -2.42. The van der Waals surface area contributed by atoms with Crippen molar-refractivity contribution in [3.05, 3.63) is 35.1 Å². The first kappa shape index (κ1) is 16.6. The second-order valence-corrected chi connectivity index (χ2v) is 6.40. The second-order valence-electron chi connectivity index (χ2n) is 6.40. The van der Waals surface area contributed by atoms with Crippen molar-refractivity contribution in [2.24, 2.45) is 5.92 Å². The molecule has 128 valence electrons. The Balaban J connectivity index is 1.83. The van der Waals surface area contributed by atoms with Gasteiger partial charge in [0.1, 0.15) is 5.58 Å². The highest BCUT2D eigenvalue weighted by atomic mass is 16.5. The van der Waals surface area contributed by atoms with Gasteiger partial charge in [-0.25, -0.2) is 0 Å². The highest BCUT2D eigenvalue weighted by Crippen LogP contribution is 2.28. The molecule has 1 aliphatic heterocycles. The SMILES string of the molecule is CCOC(=O)[C@@H]1CCCN(C(=O)c2oc3ccc(C)cc3c2C)C1. The van der Waals surface area contributed by atoms with Crippen molar-refractivity contribution in [3.63, 3.8) is 0 Å². The van der Waals surface area contributed by atoms with E-state index in [1.807, 2.05) is 32.0 Å². The van der Waals surface area contributed by atoms with Gasteiger partial charge in [0.15, 0.2) is 5.76 Å². The van der Waals surface area contributed by atoms with Gasteiger partial charge in [0, 0.05) is 24.0 Å². The van der Waals surface area contributed by atoms with Crippen LogP contribution in [0.5, 0.6) is 0 Å². The minimum Gasteiger partial charge on any atom is -0.466 e. The summed E-state index contributed by atoms with van der Waals surface area (Å²) in [6.07, 6.45) is 1.56. The van der Waals surface area contributed by atoms with Gasteiger partial charge >= 0.3 is 5.97 Å². The maximum absolute atomic E-state index is 12.9. The van der Waals surface area contributed by atoms with Gasteiger partial charge in [0.2, 0.25) is 0 Å². The fourth-order valence-electron chi connectivity index (χ4n) is 3.30. The molecule has 1 aliphatic rings. The molecule has 0 bridgehead atoms. The fourth-order valence-corrected chi connectivity index (χ4v) is 3.30. The van der Waals surface area contributed by atoms with Gasteiger partial charge in [0.25, 0.3) is 5.91 Å². The zero-order valence-corrected chi connectivity index (χ0v) is 14.4. The van der Waals surface area contributed by atoms with E-state index in [0.29, 0.717) is 25.5 Å². The van der Waals surface area contributed by atoms with Crippen LogP contribution in [0.4, 0.5) is 0 Å². The van der Waals surface area contributed by atoms with Crippen molar-refractivity contribution >= 4 is 22.8 Å². The molecule has 0 spiro atoms. The number of rotatable bonds is 3. The van der Waals surface area contributed by atoms with Crippen LogP contribution < -0.4 is 0 Å². The number of nitrogens with zero attached hydrogens (tertiary/aromatic N) is 1. The molecule has 1 saturated heterocycles. The van der Waals surface area contributed by atoms with Gasteiger partial charge in [-0.3, -0.25) is 9.59 Å². The van der Waals surface area contributed by atoms with Gasteiger partial charge in [-0.05, 0) is 45.7 Å². The van der Waals surface area contributed by atoms with E-state index in [1.54, 1.807) is 11.8 Å². The van der Waals surface area contributed by atoms with Crippen molar-refractivity contribution in [1.82, 2.24) is 4.90 Å². The molecule has 1 amide bonds. The van der Waals surface area contributed by atoms with Crippen LogP contribution in [0.1, 0.15) is 41.4 Å². The average molecular weight is 329 g/mol. The number of esters is 1. The first-order valence-corrected chi connectivity index (χ1v) is 8.47. The zero-order valence-electron chi connectivity index (χ0n) is 14.4. The van der Waals surface area contributed by atoms with E-state index in [2.05, 4.69) is 0 Å². The Labute approximate surface area is 141 Å². The highest BCUT2D eigenvalue weighted by molar-refractivity contribution is 5.99. The molecule has 5 heteroatoms.